The molecule has 0 aliphatic carbocycles. The van der Waals surface area contributed by atoms with Crippen LogP contribution in [-0.2, 0) is 0 Å². The van der Waals surface area contributed by atoms with Crippen LogP contribution >= 0.6 is 0 Å². The van der Waals surface area contributed by atoms with E-state index < -0.39 is 0 Å². The van der Waals surface area contributed by atoms with Crippen LogP contribution in [0.3, 0.4) is 0 Å². The Bertz CT molecular complexity index is 230. The molecule has 2 heteroatoms. The van der Waals surface area contributed by atoms with Crippen molar-refractivity contribution >= 4 is 0 Å². The molecule has 0 amide bonds. The van der Waals surface area contributed by atoms with E-state index in [9.17, 15) is 0 Å². The highest BCUT2D eigenvalue weighted by molar-refractivity contribution is 4.63. The molecular formula is C20H44N2. The first-order valence-corrected chi connectivity index (χ1v) is 9.78. The lowest BCUT2D eigenvalue weighted by atomic mass is 9.89. The summed E-state index contributed by atoms with van der Waals surface area (Å²) in [6.07, 6.45) is 9.53. The second kappa shape index (κ2) is 13.4. The predicted octanol–water partition coefficient (Wildman–Crippen LogP) is 5.33. The Balaban J connectivity index is 3.59. The summed E-state index contributed by atoms with van der Waals surface area (Å²) in [4.78, 5) is 2.67. The number of nitrogens with zero attached hydrogens (tertiary/aromatic N) is 1. The third kappa shape index (κ3) is 16.3. The molecule has 0 spiro atoms. The summed E-state index contributed by atoms with van der Waals surface area (Å²) >= 11 is 0. The molecule has 0 aliphatic heterocycles. The predicted molar refractivity (Wildman–Crippen MR) is 102 cm³/mol. The van der Waals surface area contributed by atoms with Gasteiger partial charge in [0, 0.05) is 0 Å². The summed E-state index contributed by atoms with van der Waals surface area (Å²) in [6.45, 7) is 20.1. The molecular weight excluding hydrogens is 268 g/mol. The van der Waals surface area contributed by atoms with Crippen molar-refractivity contribution in [1.29, 1.82) is 0 Å². The van der Waals surface area contributed by atoms with Crippen molar-refractivity contribution in [3.05, 3.63) is 0 Å². The summed E-state index contributed by atoms with van der Waals surface area (Å²) < 4.78 is 0. The average molecular weight is 313 g/mol. The van der Waals surface area contributed by atoms with Gasteiger partial charge in [-0.05, 0) is 69.7 Å². The maximum atomic E-state index is 3.55. The molecule has 0 rings (SSSR count). The first kappa shape index (κ1) is 21.9. The summed E-state index contributed by atoms with van der Waals surface area (Å²) in [7, 11) is 0. The fourth-order valence-electron chi connectivity index (χ4n) is 2.81. The van der Waals surface area contributed by atoms with Crippen LogP contribution in [0.1, 0.15) is 86.5 Å². The van der Waals surface area contributed by atoms with Crippen molar-refractivity contribution in [3.63, 3.8) is 0 Å². The van der Waals surface area contributed by atoms with E-state index in [2.05, 4.69) is 51.8 Å². The lowest BCUT2D eigenvalue weighted by molar-refractivity contribution is 0.261. The van der Waals surface area contributed by atoms with Crippen molar-refractivity contribution in [2.24, 2.45) is 11.3 Å². The van der Waals surface area contributed by atoms with Gasteiger partial charge in [-0.1, -0.05) is 60.8 Å². The molecule has 0 aromatic heterocycles. The minimum atomic E-state index is 0.511. The third-order valence-corrected chi connectivity index (χ3v) is 4.07. The number of unbranched alkanes of at least 4 members (excludes halogenated alkanes) is 3. The zero-order valence-electron chi connectivity index (χ0n) is 16.5. The normalized spacial score (nSPS) is 12.5. The van der Waals surface area contributed by atoms with E-state index in [4.69, 9.17) is 0 Å². The number of nitrogens with one attached hydrogen (secondary N) is 1. The minimum Gasteiger partial charge on any atom is -0.316 e. The Kier molecular flexibility index (Phi) is 13.3. The van der Waals surface area contributed by atoms with E-state index in [1.54, 1.807) is 0 Å². The third-order valence-electron chi connectivity index (χ3n) is 4.07. The first-order valence-electron chi connectivity index (χ1n) is 9.78. The van der Waals surface area contributed by atoms with Crippen LogP contribution < -0.4 is 5.32 Å². The molecule has 2 nitrogen and oxygen atoms in total. The van der Waals surface area contributed by atoms with Gasteiger partial charge in [-0.2, -0.15) is 0 Å². The van der Waals surface area contributed by atoms with E-state index in [0.29, 0.717) is 5.41 Å². The van der Waals surface area contributed by atoms with E-state index in [1.807, 2.05) is 0 Å². The largest absolute Gasteiger partial charge is 0.316 e. The standard InChI is InChI=1S/C20H44N2/c1-7-15-22(17-12-14-21-18-19(2)3)16-11-9-8-10-13-20(4,5)6/h19,21H,7-18H2,1-6H3. The fraction of sp³-hybridized carbons (Fsp3) is 1.00. The van der Waals surface area contributed by atoms with Crippen molar-refractivity contribution in [2.45, 2.75) is 86.5 Å². The molecule has 22 heavy (non-hydrogen) atoms. The van der Waals surface area contributed by atoms with Gasteiger partial charge in [-0.25, -0.2) is 0 Å². The average Bonchev–Trinajstić information content (AvgIpc) is 2.40. The topological polar surface area (TPSA) is 15.3 Å². The molecule has 0 aromatic rings. The SMILES string of the molecule is CCCN(CCCCCCC(C)(C)C)CCCNCC(C)C. The van der Waals surface area contributed by atoms with Crippen molar-refractivity contribution in [3.8, 4) is 0 Å². The minimum absolute atomic E-state index is 0.511. The number of hydrogen-bond acceptors (Lipinski definition) is 2. The number of rotatable bonds is 14. The Morgan fingerprint density at radius 3 is 2.09 bits per heavy atom. The molecule has 0 heterocycles. The van der Waals surface area contributed by atoms with Gasteiger partial charge in [0.05, 0.1) is 0 Å². The summed E-state index contributed by atoms with van der Waals surface area (Å²) in [5, 5.41) is 3.55. The summed E-state index contributed by atoms with van der Waals surface area (Å²) in [5.74, 6) is 0.764. The first-order chi connectivity index (χ1) is 10.3. The van der Waals surface area contributed by atoms with Crippen molar-refractivity contribution < 1.29 is 0 Å². The van der Waals surface area contributed by atoms with Gasteiger partial charge in [0.2, 0.25) is 0 Å². The van der Waals surface area contributed by atoms with Crippen molar-refractivity contribution in [1.82, 2.24) is 10.2 Å². The Morgan fingerprint density at radius 2 is 1.50 bits per heavy atom. The molecule has 0 bridgehead atoms. The van der Waals surface area contributed by atoms with E-state index in [1.165, 1.54) is 71.1 Å². The van der Waals surface area contributed by atoms with Gasteiger partial charge in [0.25, 0.3) is 0 Å². The molecule has 1 N–H and O–H groups in total. The molecule has 0 fully saturated rings. The Hall–Kier alpha value is -0.0800. The smallest absolute Gasteiger partial charge is 0.000664 e. The van der Waals surface area contributed by atoms with E-state index in [-0.39, 0.29) is 0 Å². The lowest BCUT2D eigenvalue weighted by Gasteiger charge is -2.22. The van der Waals surface area contributed by atoms with Crippen LogP contribution in [-0.4, -0.2) is 37.6 Å². The quantitative estimate of drug-likeness (QED) is 0.436. The highest BCUT2D eigenvalue weighted by Crippen LogP contribution is 2.22. The fourth-order valence-corrected chi connectivity index (χ4v) is 2.81. The summed E-state index contributed by atoms with van der Waals surface area (Å²) in [6, 6.07) is 0. The maximum absolute atomic E-state index is 3.55. The zero-order chi connectivity index (χ0) is 16.8. The number of hydrogen-bond donors (Lipinski definition) is 1. The second-order valence-electron chi connectivity index (χ2n) is 8.52. The highest BCUT2D eigenvalue weighted by Gasteiger charge is 2.09. The molecule has 0 unspecified atom stereocenters. The van der Waals surface area contributed by atoms with Gasteiger partial charge >= 0.3 is 0 Å². The maximum Gasteiger partial charge on any atom is -0.000664 e. The Morgan fingerprint density at radius 1 is 0.864 bits per heavy atom. The van der Waals surface area contributed by atoms with Crippen LogP contribution in [0.15, 0.2) is 0 Å². The van der Waals surface area contributed by atoms with Crippen LogP contribution in [0, 0.1) is 11.3 Å². The van der Waals surface area contributed by atoms with Crippen molar-refractivity contribution in [2.75, 3.05) is 32.7 Å². The van der Waals surface area contributed by atoms with E-state index >= 15 is 0 Å². The molecule has 0 aliphatic rings. The molecule has 0 aromatic carbocycles. The molecule has 0 radical (unpaired) electrons. The lowest BCUT2D eigenvalue weighted by Crippen LogP contribution is -2.30. The van der Waals surface area contributed by atoms with Gasteiger partial charge in [-0.15, -0.1) is 0 Å². The Labute approximate surface area is 141 Å². The molecule has 134 valence electrons. The van der Waals surface area contributed by atoms with Gasteiger partial charge in [-0.3, -0.25) is 0 Å². The summed E-state index contributed by atoms with van der Waals surface area (Å²) in [5.41, 5.74) is 0.511. The second-order valence-corrected chi connectivity index (χ2v) is 8.52. The molecule has 0 saturated carbocycles. The molecule has 0 atom stereocenters. The van der Waals surface area contributed by atoms with E-state index in [0.717, 1.165) is 12.5 Å². The van der Waals surface area contributed by atoms with Crippen LogP contribution in [0.25, 0.3) is 0 Å². The van der Waals surface area contributed by atoms with Gasteiger partial charge < -0.3 is 10.2 Å². The van der Waals surface area contributed by atoms with Crippen LogP contribution in [0.2, 0.25) is 0 Å². The monoisotopic (exact) mass is 312 g/mol. The van der Waals surface area contributed by atoms with Gasteiger partial charge in [0.15, 0.2) is 0 Å². The van der Waals surface area contributed by atoms with Gasteiger partial charge in [0.1, 0.15) is 0 Å². The highest BCUT2D eigenvalue weighted by atomic mass is 15.1. The zero-order valence-corrected chi connectivity index (χ0v) is 16.5. The van der Waals surface area contributed by atoms with Crippen LogP contribution in [0.5, 0.6) is 0 Å². The molecule has 0 saturated heterocycles. The van der Waals surface area contributed by atoms with Crippen LogP contribution in [0.4, 0.5) is 0 Å².